The van der Waals surface area contributed by atoms with Crippen LogP contribution in [0.3, 0.4) is 0 Å². The van der Waals surface area contributed by atoms with E-state index in [9.17, 15) is 22.4 Å². The number of nitrogens with one attached hydrogen (secondary N) is 2. The summed E-state index contributed by atoms with van der Waals surface area (Å²) in [4.78, 5) is 11.8. The van der Waals surface area contributed by atoms with Crippen molar-refractivity contribution in [3.63, 3.8) is 0 Å². The van der Waals surface area contributed by atoms with Gasteiger partial charge >= 0.3 is 6.18 Å². The molecule has 0 aromatic heterocycles. The second-order valence-corrected chi connectivity index (χ2v) is 5.03. The molecule has 1 amide bonds. The molecule has 1 aromatic carbocycles. The normalized spacial score (nSPS) is 18.8. The average Bonchev–Trinajstić information content (AvgIpc) is 2.91. The molecule has 1 fully saturated rings. The van der Waals surface area contributed by atoms with Crippen LogP contribution in [0.25, 0.3) is 0 Å². The van der Waals surface area contributed by atoms with Crippen LogP contribution in [0.4, 0.5) is 17.6 Å². The molecule has 0 radical (unpaired) electrons. The summed E-state index contributed by atoms with van der Waals surface area (Å²) in [5, 5.41) is 5.70. The SMILES string of the molecule is O=C(NCC[C@@H]1CCCN1)c1cc(C(F)(F)F)ccc1F. The van der Waals surface area contributed by atoms with Crippen LogP contribution in [0.1, 0.15) is 35.2 Å². The van der Waals surface area contributed by atoms with E-state index in [1.807, 2.05) is 0 Å². The van der Waals surface area contributed by atoms with Gasteiger partial charge < -0.3 is 10.6 Å². The molecule has 1 saturated heterocycles. The van der Waals surface area contributed by atoms with Crippen molar-refractivity contribution in [3.8, 4) is 0 Å². The van der Waals surface area contributed by atoms with Crippen molar-refractivity contribution in [3.05, 3.63) is 35.1 Å². The van der Waals surface area contributed by atoms with Gasteiger partial charge in [-0.25, -0.2) is 4.39 Å². The third kappa shape index (κ3) is 4.17. The molecule has 2 rings (SSSR count). The van der Waals surface area contributed by atoms with E-state index in [2.05, 4.69) is 10.6 Å². The lowest BCUT2D eigenvalue weighted by Crippen LogP contribution is -2.31. The Bertz CT molecular complexity index is 510. The molecule has 116 valence electrons. The molecule has 1 atom stereocenters. The minimum atomic E-state index is -4.60. The number of alkyl halides is 3. The summed E-state index contributed by atoms with van der Waals surface area (Å²) in [5.41, 5.74) is -1.62. The molecule has 2 N–H and O–H groups in total. The predicted molar refractivity (Wildman–Crippen MR) is 69.4 cm³/mol. The quantitative estimate of drug-likeness (QED) is 0.840. The Kier molecular flexibility index (Phi) is 4.82. The lowest BCUT2D eigenvalue weighted by atomic mass is 10.1. The Balaban J connectivity index is 1.97. The van der Waals surface area contributed by atoms with Gasteiger partial charge in [0.05, 0.1) is 11.1 Å². The monoisotopic (exact) mass is 304 g/mol. The van der Waals surface area contributed by atoms with Crippen molar-refractivity contribution in [2.75, 3.05) is 13.1 Å². The molecule has 7 heteroatoms. The maximum absolute atomic E-state index is 13.5. The highest BCUT2D eigenvalue weighted by Crippen LogP contribution is 2.30. The smallest absolute Gasteiger partial charge is 0.352 e. The largest absolute Gasteiger partial charge is 0.416 e. The van der Waals surface area contributed by atoms with E-state index in [0.29, 0.717) is 37.2 Å². The highest BCUT2D eigenvalue weighted by Gasteiger charge is 2.31. The van der Waals surface area contributed by atoms with Gasteiger partial charge in [0.1, 0.15) is 5.82 Å². The van der Waals surface area contributed by atoms with Gasteiger partial charge in [-0.3, -0.25) is 4.79 Å². The van der Waals surface area contributed by atoms with Gasteiger partial charge in [0.25, 0.3) is 5.91 Å². The molecular weight excluding hydrogens is 288 g/mol. The zero-order valence-electron chi connectivity index (χ0n) is 11.3. The lowest BCUT2D eigenvalue weighted by molar-refractivity contribution is -0.137. The summed E-state index contributed by atoms with van der Waals surface area (Å²) in [6.07, 6.45) is -1.85. The minimum Gasteiger partial charge on any atom is -0.352 e. The van der Waals surface area contributed by atoms with Gasteiger partial charge in [-0.05, 0) is 44.0 Å². The maximum Gasteiger partial charge on any atom is 0.416 e. The maximum atomic E-state index is 13.5. The summed E-state index contributed by atoms with van der Waals surface area (Å²) in [6.45, 7) is 1.23. The number of carbonyl (C=O) groups excluding carboxylic acids is 1. The number of amides is 1. The van der Waals surface area contributed by atoms with Crippen LogP contribution in [-0.2, 0) is 6.18 Å². The molecule has 21 heavy (non-hydrogen) atoms. The van der Waals surface area contributed by atoms with Gasteiger partial charge in [0.15, 0.2) is 0 Å². The van der Waals surface area contributed by atoms with Crippen molar-refractivity contribution >= 4 is 5.91 Å². The van der Waals surface area contributed by atoms with E-state index in [1.165, 1.54) is 0 Å². The number of rotatable bonds is 4. The van der Waals surface area contributed by atoms with Crippen LogP contribution < -0.4 is 10.6 Å². The fraction of sp³-hybridized carbons (Fsp3) is 0.500. The van der Waals surface area contributed by atoms with Crippen LogP contribution >= 0.6 is 0 Å². The Labute approximate surface area is 119 Å². The molecule has 0 bridgehead atoms. The van der Waals surface area contributed by atoms with Crippen LogP contribution in [0, 0.1) is 5.82 Å². The molecule has 1 aliphatic heterocycles. The summed E-state index contributed by atoms with van der Waals surface area (Å²) >= 11 is 0. The number of hydrogen-bond donors (Lipinski definition) is 2. The van der Waals surface area contributed by atoms with Crippen LogP contribution in [0.15, 0.2) is 18.2 Å². The highest BCUT2D eigenvalue weighted by molar-refractivity contribution is 5.94. The molecule has 1 aromatic rings. The lowest BCUT2D eigenvalue weighted by Gasteiger charge is -2.12. The zero-order chi connectivity index (χ0) is 15.5. The van der Waals surface area contributed by atoms with E-state index in [4.69, 9.17) is 0 Å². The molecule has 0 saturated carbocycles. The van der Waals surface area contributed by atoms with E-state index < -0.39 is 29.0 Å². The van der Waals surface area contributed by atoms with E-state index in [0.717, 1.165) is 19.4 Å². The van der Waals surface area contributed by atoms with Gasteiger partial charge in [-0.2, -0.15) is 13.2 Å². The second kappa shape index (κ2) is 6.43. The van der Waals surface area contributed by atoms with Gasteiger partial charge in [0.2, 0.25) is 0 Å². The van der Waals surface area contributed by atoms with Gasteiger partial charge in [-0.15, -0.1) is 0 Å². The van der Waals surface area contributed by atoms with Crippen molar-refractivity contribution < 1.29 is 22.4 Å². The molecule has 1 heterocycles. The molecule has 0 unspecified atom stereocenters. The van der Waals surface area contributed by atoms with Crippen molar-refractivity contribution in [2.45, 2.75) is 31.5 Å². The topological polar surface area (TPSA) is 41.1 Å². The summed E-state index contributed by atoms with van der Waals surface area (Å²) in [5.74, 6) is -1.78. The van der Waals surface area contributed by atoms with Crippen LogP contribution in [0.2, 0.25) is 0 Å². The zero-order valence-corrected chi connectivity index (χ0v) is 11.3. The Morgan fingerprint density at radius 3 is 2.76 bits per heavy atom. The van der Waals surface area contributed by atoms with Crippen molar-refractivity contribution in [2.24, 2.45) is 0 Å². The first kappa shape index (κ1) is 15.8. The summed E-state index contributed by atoms with van der Waals surface area (Å²) in [6, 6.07) is 2.13. The fourth-order valence-electron chi connectivity index (χ4n) is 2.33. The number of hydrogen-bond acceptors (Lipinski definition) is 2. The van der Waals surface area contributed by atoms with Crippen LogP contribution in [-0.4, -0.2) is 25.0 Å². The predicted octanol–water partition coefficient (Wildman–Crippen LogP) is 2.72. The third-order valence-electron chi connectivity index (χ3n) is 3.48. The third-order valence-corrected chi connectivity index (χ3v) is 3.48. The van der Waals surface area contributed by atoms with Crippen LogP contribution in [0.5, 0.6) is 0 Å². The number of halogens is 4. The molecule has 0 spiro atoms. The van der Waals surface area contributed by atoms with E-state index in [-0.39, 0.29) is 0 Å². The number of benzene rings is 1. The van der Waals surface area contributed by atoms with E-state index in [1.54, 1.807) is 0 Å². The van der Waals surface area contributed by atoms with E-state index >= 15 is 0 Å². The average molecular weight is 304 g/mol. The first-order valence-corrected chi connectivity index (χ1v) is 6.76. The Hall–Kier alpha value is -1.63. The van der Waals surface area contributed by atoms with Crippen molar-refractivity contribution in [1.82, 2.24) is 10.6 Å². The molecular formula is C14H16F4N2O. The van der Waals surface area contributed by atoms with Crippen molar-refractivity contribution in [1.29, 1.82) is 0 Å². The second-order valence-electron chi connectivity index (χ2n) is 5.03. The standard InChI is InChI=1S/C14H16F4N2O/c15-12-4-3-9(14(16,17)18)8-11(12)13(21)20-7-5-10-2-1-6-19-10/h3-4,8,10,19H,1-2,5-7H2,(H,20,21)/t10-/m0/s1. The molecule has 1 aliphatic rings. The van der Waals surface area contributed by atoms with Gasteiger partial charge in [-0.1, -0.05) is 0 Å². The summed E-state index contributed by atoms with van der Waals surface area (Å²) in [7, 11) is 0. The Morgan fingerprint density at radius 2 is 2.14 bits per heavy atom. The highest BCUT2D eigenvalue weighted by atomic mass is 19.4. The first-order chi connectivity index (χ1) is 9.88. The van der Waals surface area contributed by atoms with Gasteiger partial charge in [0, 0.05) is 12.6 Å². The minimum absolute atomic E-state index is 0.298. The fourth-order valence-corrected chi connectivity index (χ4v) is 2.33. The number of carbonyl (C=O) groups is 1. The molecule has 0 aliphatic carbocycles. The summed E-state index contributed by atoms with van der Waals surface area (Å²) < 4.78 is 51.2. The molecule has 3 nitrogen and oxygen atoms in total. The first-order valence-electron chi connectivity index (χ1n) is 6.76. The Morgan fingerprint density at radius 1 is 1.38 bits per heavy atom.